The fourth-order valence-corrected chi connectivity index (χ4v) is 4.23. The Labute approximate surface area is 185 Å². The molecule has 2 rings (SSSR count). The van der Waals surface area contributed by atoms with Gasteiger partial charge in [-0.2, -0.15) is 0 Å². The Morgan fingerprint density at radius 2 is 1.84 bits per heavy atom. The Bertz CT molecular complexity index is 1020. The fraction of sp³-hybridized carbons (Fsp3) is 0.583. The van der Waals surface area contributed by atoms with E-state index >= 15 is 0 Å². The van der Waals surface area contributed by atoms with E-state index in [9.17, 15) is 14.0 Å². The summed E-state index contributed by atoms with van der Waals surface area (Å²) in [6, 6.07) is 2.70. The number of aromatic nitrogens is 1. The normalized spacial score (nSPS) is 13.6. The summed E-state index contributed by atoms with van der Waals surface area (Å²) in [5, 5.41) is 0.349. The van der Waals surface area contributed by atoms with E-state index in [2.05, 4.69) is 47.7 Å². The van der Waals surface area contributed by atoms with Crippen LogP contribution < -0.4 is 5.43 Å². The van der Waals surface area contributed by atoms with E-state index in [-0.39, 0.29) is 29.2 Å². The quantitative estimate of drug-likeness (QED) is 0.393. The molecule has 1 unspecified atom stereocenters. The Morgan fingerprint density at radius 3 is 2.35 bits per heavy atom. The first-order chi connectivity index (χ1) is 14.2. The van der Waals surface area contributed by atoms with Crippen molar-refractivity contribution in [3.63, 3.8) is 0 Å². The van der Waals surface area contributed by atoms with Crippen LogP contribution in [0.2, 0.25) is 18.1 Å². The number of carbonyl (C=O) groups excluding carboxylic acids is 1. The maximum absolute atomic E-state index is 14.5. The van der Waals surface area contributed by atoms with E-state index in [1.54, 1.807) is 13.8 Å². The second-order valence-electron chi connectivity index (χ2n) is 10.0. The number of halogens is 1. The average molecular weight is 450 g/mol. The number of nitrogens with zero attached hydrogens (tertiary/aromatic N) is 1. The SMILES string of the molecule is CCOC(=O)c1cn(C(CO[Si](C)(C)C(C)(C)C)C(C)C)c2cc(F)c(C)cc2c1=O. The molecule has 5 nitrogen and oxygen atoms in total. The summed E-state index contributed by atoms with van der Waals surface area (Å²) < 4.78 is 27.9. The topological polar surface area (TPSA) is 57.5 Å². The molecule has 1 atom stereocenters. The van der Waals surface area contributed by atoms with Crippen LogP contribution in [-0.4, -0.2) is 32.1 Å². The van der Waals surface area contributed by atoms with E-state index in [4.69, 9.17) is 9.16 Å². The molecule has 31 heavy (non-hydrogen) atoms. The molecular formula is C24H36FNO4Si. The van der Waals surface area contributed by atoms with Crippen LogP contribution in [0.25, 0.3) is 10.9 Å². The molecule has 0 aliphatic heterocycles. The number of hydrogen-bond acceptors (Lipinski definition) is 4. The van der Waals surface area contributed by atoms with Gasteiger partial charge in [-0.1, -0.05) is 34.6 Å². The molecule has 0 fully saturated rings. The fourth-order valence-electron chi connectivity index (χ4n) is 3.21. The van der Waals surface area contributed by atoms with Crippen LogP contribution in [-0.2, 0) is 9.16 Å². The number of fused-ring (bicyclic) bond motifs is 1. The van der Waals surface area contributed by atoms with E-state index in [0.29, 0.717) is 23.1 Å². The number of benzene rings is 1. The van der Waals surface area contributed by atoms with Gasteiger partial charge in [-0.15, -0.1) is 0 Å². The molecule has 0 amide bonds. The molecule has 2 aromatic rings. The lowest BCUT2D eigenvalue weighted by Crippen LogP contribution is -2.42. The molecule has 172 valence electrons. The molecule has 0 N–H and O–H groups in total. The van der Waals surface area contributed by atoms with Crippen LogP contribution in [0.4, 0.5) is 4.39 Å². The van der Waals surface area contributed by atoms with Gasteiger partial charge in [0.1, 0.15) is 11.4 Å². The predicted octanol–water partition coefficient (Wildman–Crippen LogP) is 5.84. The Morgan fingerprint density at radius 1 is 1.23 bits per heavy atom. The minimum absolute atomic E-state index is 0.0411. The second-order valence-corrected chi connectivity index (χ2v) is 14.8. The molecule has 0 saturated carbocycles. The minimum atomic E-state index is -2.03. The molecule has 0 radical (unpaired) electrons. The van der Waals surface area contributed by atoms with Gasteiger partial charge in [-0.25, -0.2) is 9.18 Å². The Balaban J connectivity index is 2.71. The summed E-state index contributed by atoms with van der Waals surface area (Å²) in [4.78, 5) is 25.6. The molecule has 0 aliphatic carbocycles. The van der Waals surface area contributed by atoms with Crippen molar-refractivity contribution in [2.45, 2.75) is 72.6 Å². The third-order valence-electron chi connectivity index (χ3n) is 6.36. The predicted molar refractivity (Wildman–Crippen MR) is 126 cm³/mol. The molecule has 1 aromatic carbocycles. The standard InChI is InChI=1S/C24H36FNO4Si/c1-10-29-23(28)18-13-26(20-12-19(25)16(4)11-17(20)22(18)27)21(15(2)3)14-30-31(8,9)24(5,6)7/h11-13,15,21H,10,14H2,1-9H3. The van der Waals surface area contributed by atoms with Crippen LogP contribution in [0.1, 0.15) is 63.5 Å². The van der Waals surface area contributed by atoms with Crippen molar-refractivity contribution in [3.05, 3.63) is 45.5 Å². The van der Waals surface area contributed by atoms with Crippen molar-refractivity contribution in [1.82, 2.24) is 4.57 Å². The lowest BCUT2D eigenvalue weighted by molar-refractivity contribution is 0.0523. The van der Waals surface area contributed by atoms with Crippen molar-refractivity contribution in [2.24, 2.45) is 5.92 Å². The lowest BCUT2D eigenvalue weighted by atomic mass is 10.0. The van der Waals surface area contributed by atoms with Gasteiger partial charge in [-0.05, 0) is 55.6 Å². The lowest BCUT2D eigenvalue weighted by Gasteiger charge is -2.38. The highest BCUT2D eigenvalue weighted by Crippen LogP contribution is 2.37. The number of ether oxygens (including phenoxy) is 1. The van der Waals surface area contributed by atoms with Gasteiger partial charge in [0.25, 0.3) is 0 Å². The van der Waals surface area contributed by atoms with Gasteiger partial charge >= 0.3 is 5.97 Å². The zero-order valence-electron chi connectivity index (χ0n) is 20.3. The highest BCUT2D eigenvalue weighted by molar-refractivity contribution is 6.74. The maximum Gasteiger partial charge on any atom is 0.343 e. The highest BCUT2D eigenvalue weighted by Gasteiger charge is 2.38. The molecule has 0 aliphatic rings. The molecular weight excluding hydrogens is 413 g/mol. The summed E-state index contributed by atoms with van der Waals surface area (Å²) in [5.41, 5.74) is 0.327. The van der Waals surface area contributed by atoms with Gasteiger partial charge in [0.15, 0.2) is 8.32 Å². The summed E-state index contributed by atoms with van der Waals surface area (Å²) in [7, 11) is -2.03. The Kier molecular flexibility index (Phi) is 7.54. The highest BCUT2D eigenvalue weighted by atomic mass is 28.4. The van der Waals surface area contributed by atoms with Crippen molar-refractivity contribution in [2.75, 3.05) is 13.2 Å². The van der Waals surface area contributed by atoms with Crippen molar-refractivity contribution in [1.29, 1.82) is 0 Å². The first kappa shape index (κ1) is 25.3. The largest absolute Gasteiger partial charge is 0.462 e. The molecule has 0 saturated heterocycles. The summed E-state index contributed by atoms with van der Waals surface area (Å²) >= 11 is 0. The van der Waals surface area contributed by atoms with Gasteiger partial charge in [0.2, 0.25) is 5.43 Å². The molecule has 0 bridgehead atoms. The van der Waals surface area contributed by atoms with Crippen LogP contribution in [0, 0.1) is 18.7 Å². The van der Waals surface area contributed by atoms with Crippen molar-refractivity contribution < 1.29 is 18.3 Å². The monoisotopic (exact) mass is 449 g/mol. The molecule has 7 heteroatoms. The van der Waals surface area contributed by atoms with E-state index < -0.39 is 25.5 Å². The zero-order chi connectivity index (χ0) is 23.7. The van der Waals surface area contributed by atoms with Crippen LogP contribution >= 0.6 is 0 Å². The first-order valence-corrected chi connectivity index (χ1v) is 13.8. The number of rotatable bonds is 7. The number of esters is 1. The van der Waals surface area contributed by atoms with E-state index in [1.807, 2.05) is 4.57 Å². The zero-order valence-corrected chi connectivity index (χ0v) is 21.3. The minimum Gasteiger partial charge on any atom is -0.462 e. The number of hydrogen-bond donors (Lipinski definition) is 0. The summed E-state index contributed by atoms with van der Waals surface area (Å²) in [6.07, 6.45) is 1.51. The summed E-state index contributed by atoms with van der Waals surface area (Å²) in [6.45, 7) is 18.9. The van der Waals surface area contributed by atoms with Gasteiger partial charge < -0.3 is 13.7 Å². The van der Waals surface area contributed by atoms with Crippen LogP contribution in [0.15, 0.2) is 23.1 Å². The number of carbonyl (C=O) groups is 1. The third-order valence-corrected chi connectivity index (χ3v) is 10.9. The first-order valence-electron chi connectivity index (χ1n) is 10.9. The smallest absolute Gasteiger partial charge is 0.343 e. The van der Waals surface area contributed by atoms with E-state index in [0.717, 1.165) is 0 Å². The van der Waals surface area contributed by atoms with Crippen molar-refractivity contribution in [3.8, 4) is 0 Å². The van der Waals surface area contributed by atoms with Crippen LogP contribution in [0.5, 0.6) is 0 Å². The van der Waals surface area contributed by atoms with Gasteiger partial charge in [-0.3, -0.25) is 4.79 Å². The number of aryl methyl sites for hydroxylation is 1. The molecule has 0 spiro atoms. The Hall–Kier alpha value is -1.99. The van der Waals surface area contributed by atoms with Gasteiger partial charge in [0, 0.05) is 11.6 Å². The van der Waals surface area contributed by atoms with Gasteiger partial charge in [0.05, 0.1) is 24.8 Å². The molecule has 1 aromatic heterocycles. The van der Waals surface area contributed by atoms with Crippen LogP contribution in [0.3, 0.4) is 0 Å². The van der Waals surface area contributed by atoms with E-state index in [1.165, 1.54) is 18.3 Å². The maximum atomic E-state index is 14.5. The third kappa shape index (κ3) is 5.26. The average Bonchev–Trinajstić information content (AvgIpc) is 2.64. The molecule has 1 heterocycles. The summed E-state index contributed by atoms with van der Waals surface area (Å²) in [5.74, 6) is -0.940. The second kappa shape index (κ2) is 9.24. The van der Waals surface area contributed by atoms with Crippen molar-refractivity contribution >= 4 is 25.2 Å². The number of pyridine rings is 1.